The van der Waals surface area contributed by atoms with Crippen molar-refractivity contribution in [3.05, 3.63) is 78.1 Å². The number of nitrogens with one attached hydrogen (secondary N) is 2. The number of anilines is 2. The molecule has 9 heteroatoms. The van der Waals surface area contributed by atoms with Crippen LogP contribution in [-0.2, 0) is 16.6 Å². The molecule has 0 bridgehead atoms. The zero-order valence-electron chi connectivity index (χ0n) is 17.2. The second-order valence-corrected chi connectivity index (χ2v) is 8.40. The smallest absolute Gasteiger partial charge is 0.255 e. The van der Waals surface area contributed by atoms with Crippen LogP contribution in [0.25, 0.3) is 0 Å². The fraction of sp³-hybridized carbons (Fsp3) is 0.182. The van der Waals surface area contributed by atoms with Crippen LogP contribution in [0.4, 0.5) is 11.4 Å². The Hall–Kier alpha value is -3.59. The summed E-state index contributed by atoms with van der Waals surface area (Å²) in [6.45, 7) is 2.57. The number of benzene rings is 2. The predicted octanol–water partition coefficient (Wildman–Crippen LogP) is 3.68. The number of pyridine rings is 1. The molecule has 1 amide bonds. The van der Waals surface area contributed by atoms with Gasteiger partial charge in [0.2, 0.25) is 10.0 Å². The molecule has 1 aromatic heterocycles. The third-order valence-corrected chi connectivity index (χ3v) is 4.65. The van der Waals surface area contributed by atoms with Crippen molar-refractivity contribution in [1.82, 2.24) is 4.98 Å². The second kappa shape index (κ2) is 9.94. The van der Waals surface area contributed by atoms with Crippen LogP contribution >= 0.6 is 0 Å². The summed E-state index contributed by atoms with van der Waals surface area (Å²) in [7, 11) is -3.41. The average Bonchev–Trinajstić information content (AvgIpc) is 2.73. The van der Waals surface area contributed by atoms with E-state index in [-0.39, 0.29) is 5.91 Å². The van der Waals surface area contributed by atoms with Gasteiger partial charge in [-0.2, -0.15) is 0 Å². The lowest BCUT2D eigenvalue weighted by atomic mass is 10.1. The molecule has 2 aromatic carbocycles. The molecule has 31 heavy (non-hydrogen) atoms. The highest BCUT2D eigenvalue weighted by molar-refractivity contribution is 7.92. The first-order chi connectivity index (χ1) is 14.8. The van der Waals surface area contributed by atoms with Crippen molar-refractivity contribution in [2.75, 3.05) is 22.9 Å². The third kappa shape index (κ3) is 6.71. The molecule has 0 unspecified atom stereocenters. The number of sulfonamides is 1. The molecule has 0 radical (unpaired) electrons. The lowest BCUT2D eigenvalue weighted by Gasteiger charge is -2.14. The molecule has 0 aliphatic carbocycles. The summed E-state index contributed by atoms with van der Waals surface area (Å²) in [4.78, 5) is 16.8. The number of ether oxygens (including phenoxy) is 2. The molecule has 8 nitrogen and oxygen atoms in total. The van der Waals surface area contributed by atoms with Gasteiger partial charge in [0, 0.05) is 29.2 Å². The molecule has 0 atom stereocenters. The maximum Gasteiger partial charge on any atom is 0.255 e. The van der Waals surface area contributed by atoms with Crippen molar-refractivity contribution in [3.8, 4) is 11.5 Å². The Balaban J connectivity index is 1.74. The van der Waals surface area contributed by atoms with Crippen molar-refractivity contribution in [2.24, 2.45) is 0 Å². The van der Waals surface area contributed by atoms with Crippen LogP contribution < -0.4 is 19.5 Å². The quantitative estimate of drug-likeness (QED) is 0.525. The van der Waals surface area contributed by atoms with Crippen LogP contribution in [0, 0.1) is 0 Å². The number of nitrogens with zero attached hydrogens (tertiary/aromatic N) is 1. The number of aromatic nitrogens is 1. The van der Waals surface area contributed by atoms with Gasteiger partial charge >= 0.3 is 0 Å². The Morgan fingerprint density at radius 3 is 2.52 bits per heavy atom. The molecule has 2 N–H and O–H groups in total. The van der Waals surface area contributed by atoms with E-state index in [1.165, 1.54) is 6.07 Å². The van der Waals surface area contributed by atoms with Gasteiger partial charge < -0.3 is 14.8 Å². The van der Waals surface area contributed by atoms with Gasteiger partial charge in [0.15, 0.2) is 11.5 Å². The Kier molecular flexibility index (Phi) is 7.09. The second-order valence-electron chi connectivity index (χ2n) is 6.65. The molecule has 162 valence electrons. The summed E-state index contributed by atoms with van der Waals surface area (Å²) >= 11 is 0. The third-order valence-electron chi connectivity index (χ3n) is 4.05. The molecule has 3 aromatic rings. The number of rotatable bonds is 9. The highest BCUT2D eigenvalue weighted by Gasteiger charge is 2.13. The number of carbonyl (C=O) groups is 1. The Labute approximate surface area is 181 Å². The van der Waals surface area contributed by atoms with Crippen LogP contribution in [0.3, 0.4) is 0 Å². The number of amides is 1. The molecule has 0 aliphatic heterocycles. The van der Waals surface area contributed by atoms with Crippen molar-refractivity contribution in [3.63, 3.8) is 0 Å². The van der Waals surface area contributed by atoms with Crippen LogP contribution in [-0.4, -0.2) is 32.2 Å². The minimum Gasteiger partial charge on any atom is -0.490 e. The van der Waals surface area contributed by atoms with Crippen LogP contribution in [0.2, 0.25) is 0 Å². The molecule has 1 heterocycles. The van der Waals surface area contributed by atoms with Crippen molar-refractivity contribution >= 4 is 27.3 Å². The van der Waals surface area contributed by atoms with Crippen molar-refractivity contribution < 1.29 is 22.7 Å². The predicted molar refractivity (Wildman–Crippen MR) is 119 cm³/mol. The molecule has 0 saturated heterocycles. The first-order valence-corrected chi connectivity index (χ1v) is 11.4. The van der Waals surface area contributed by atoms with Gasteiger partial charge in [-0.3, -0.25) is 14.5 Å². The first-order valence-electron chi connectivity index (χ1n) is 9.52. The van der Waals surface area contributed by atoms with Gasteiger partial charge in [-0.05, 0) is 49.4 Å². The SMILES string of the molecule is CCOc1cc(C(=O)Nc2cccc(NS(C)(=O)=O)c2)ccc1OCc1cccnc1. The zero-order valence-corrected chi connectivity index (χ0v) is 18.0. The summed E-state index contributed by atoms with van der Waals surface area (Å²) in [5.74, 6) is 0.601. The minimum atomic E-state index is -3.41. The lowest BCUT2D eigenvalue weighted by molar-refractivity contribution is 0.102. The van der Waals surface area contributed by atoms with Gasteiger partial charge in [0.1, 0.15) is 6.61 Å². The molecular weight excluding hydrogens is 418 g/mol. The van der Waals surface area contributed by atoms with E-state index in [2.05, 4.69) is 15.0 Å². The van der Waals surface area contributed by atoms with E-state index in [0.717, 1.165) is 11.8 Å². The van der Waals surface area contributed by atoms with Crippen LogP contribution in [0.15, 0.2) is 67.0 Å². The van der Waals surface area contributed by atoms with Gasteiger partial charge in [-0.15, -0.1) is 0 Å². The first kappa shape index (κ1) is 22.1. The Bertz CT molecular complexity index is 1150. The minimum absolute atomic E-state index is 0.319. The summed E-state index contributed by atoms with van der Waals surface area (Å²) in [5, 5.41) is 2.75. The lowest BCUT2D eigenvalue weighted by Crippen LogP contribution is -2.13. The molecule has 0 fully saturated rings. The highest BCUT2D eigenvalue weighted by Crippen LogP contribution is 2.30. The van der Waals surface area contributed by atoms with E-state index in [1.807, 2.05) is 19.1 Å². The molecule has 3 rings (SSSR count). The number of hydrogen-bond donors (Lipinski definition) is 2. The normalized spacial score (nSPS) is 10.9. The van der Waals surface area contributed by atoms with Crippen LogP contribution in [0.5, 0.6) is 11.5 Å². The monoisotopic (exact) mass is 441 g/mol. The largest absolute Gasteiger partial charge is 0.490 e. The fourth-order valence-electron chi connectivity index (χ4n) is 2.76. The van der Waals surface area contributed by atoms with Crippen molar-refractivity contribution in [1.29, 1.82) is 0 Å². The summed E-state index contributed by atoms with van der Waals surface area (Å²) in [5.41, 5.74) is 2.09. The van der Waals surface area contributed by atoms with E-state index in [4.69, 9.17) is 9.47 Å². The summed E-state index contributed by atoms with van der Waals surface area (Å²) < 4.78 is 36.7. The number of carbonyl (C=O) groups excluding carboxylic acids is 1. The average molecular weight is 442 g/mol. The van der Waals surface area contributed by atoms with E-state index in [1.54, 1.807) is 48.8 Å². The molecule has 0 aliphatic rings. The van der Waals surface area contributed by atoms with Crippen LogP contribution in [0.1, 0.15) is 22.8 Å². The van der Waals surface area contributed by atoms with E-state index in [0.29, 0.717) is 41.7 Å². The maximum atomic E-state index is 12.7. The van der Waals surface area contributed by atoms with E-state index in [9.17, 15) is 13.2 Å². The highest BCUT2D eigenvalue weighted by atomic mass is 32.2. The van der Waals surface area contributed by atoms with E-state index < -0.39 is 10.0 Å². The van der Waals surface area contributed by atoms with E-state index >= 15 is 0 Å². The summed E-state index contributed by atoms with van der Waals surface area (Å²) in [6.07, 6.45) is 4.47. The van der Waals surface area contributed by atoms with Crippen molar-refractivity contribution in [2.45, 2.75) is 13.5 Å². The van der Waals surface area contributed by atoms with Gasteiger partial charge in [0.25, 0.3) is 5.91 Å². The summed E-state index contributed by atoms with van der Waals surface area (Å²) in [6, 6.07) is 15.1. The Morgan fingerprint density at radius 1 is 1.00 bits per heavy atom. The standard InChI is InChI=1S/C22H23N3O5S/c1-3-29-21-12-17(9-10-20(21)30-15-16-6-5-11-23-14-16)22(26)24-18-7-4-8-19(13-18)25-31(2,27)28/h4-14,25H,3,15H2,1-2H3,(H,24,26). The van der Waals surface area contributed by atoms with Gasteiger partial charge in [-0.25, -0.2) is 8.42 Å². The molecular formula is C22H23N3O5S. The molecule has 0 saturated carbocycles. The van der Waals surface area contributed by atoms with Gasteiger partial charge in [0.05, 0.1) is 18.6 Å². The fourth-order valence-corrected chi connectivity index (χ4v) is 3.31. The number of hydrogen-bond acceptors (Lipinski definition) is 6. The maximum absolute atomic E-state index is 12.7. The Morgan fingerprint density at radius 2 is 1.81 bits per heavy atom. The van der Waals surface area contributed by atoms with Gasteiger partial charge in [-0.1, -0.05) is 12.1 Å². The zero-order chi connectivity index (χ0) is 22.3. The molecule has 0 spiro atoms. The topological polar surface area (TPSA) is 107 Å².